The lowest BCUT2D eigenvalue weighted by Gasteiger charge is -2.17. The van der Waals surface area contributed by atoms with Gasteiger partial charge in [-0.3, -0.25) is 9.59 Å². The maximum atomic E-state index is 11.5. The van der Waals surface area contributed by atoms with Gasteiger partial charge in [-0.2, -0.15) is 0 Å². The van der Waals surface area contributed by atoms with Crippen LogP contribution in [0.3, 0.4) is 0 Å². The van der Waals surface area contributed by atoms with Crippen molar-refractivity contribution < 1.29 is 23.9 Å². The van der Waals surface area contributed by atoms with Crippen LogP contribution in [0.25, 0.3) is 0 Å². The van der Waals surface area contributed by atoms with Gasteiger partial charge < -0.3 is 20.2 Å². The summed E-state index contributed by atoms with van der Waals surface area (Å²) < 4.78 is 4.85. The standard InChI is InChI=1S/C12H16N2O5/c1-7(2)10(12(17)18)14-9(15)6-13-11(16)8-4-3-5-19-8/h3-5,7,10H,6H2,1-2H3,(H,13,16)(H,14,15)(H,17,18)/t10-/m1/s1. The van der Waals surface area contributed by atoms with Gasteiger partial charge in [0.1, 0.15) is 6.04 Å². The molecule has 104 valence electrons. The molecule has 1 aromatic rings. The van der Waals surface area contributed by atoms with Crippen LogP contribution in [0.15, 0.2) is 22.8 Å². The second kappa shape index (κ2) is 6.58. The Kier molecular flexibility index (Phi) is 5.11. The molecular weight excluding hydrogens is 252 g/mol. The van der Waals surface area contributed by atoms with Crippen molar-refractivity contribution in [3.05, 3.63) is 24.2 Å². The Morgan fingerprint density at radius 2 is 2.05 bits per heavy atom. The molecule has 0 saturated heterocycles. The van der Waals surface area contributed by atoms with E-state index in [-0.39, 0.29) is 18.2 Å². The second-order valence-corrected chi connectivity index (χ2v) is 4.29. The monoisotopic (exact) mass is 268 g/mol. The molecule has 0 spiro atoms. The van der Waals surface area contributed by atoms with E-state index in [1.54, 1.807) is 19.9 Å². The number of carbonyl (C=O) groups excluding carboxylic acids is 2. The third kappa shape index (κ3) is 4.46. The Morgan fingerprint density at radius 3 is 2.53 bits per heavy atom. The molecule has 0 radical (unpaired) electrons. The van der Waals surface area contributed by atoms with Crippen molar-refractivity contribution in [1.29, 1.82) is 0 Å². The summed E-state index contributed by atoms with van der Waals surface area (Å²) in [6, 6.07) is 2.03. The van der Waals surface area contributed by atoms with Crippen molar-refractivity contribution >= 4 is 17.8 Å². The maximum Gasteiger partial charge on any atom is 0.326 e. The largest absolute Gasteiger partial charge is 0.480 e. The Labute approximate surface area is 110 Å². The minimum absolute atomic E-state index is 0.0893. The van der Waals surface area contributed by atoms with E-state index in [4.69, 9.17) is 9.52 Å². The summed E-state index contributed by atoms with van der Waals surface area (Å²) in [7, 11) is 0. The number of carbonyl (C=O) groups is 3. The highest BCUT2D eigenvalue weighted by atomic mass is 16.4. The molecule has 0 saturated carbocycles. The molecule has 1 atom stereocenters. The smallest absolute Gasteiger partial charge is 0.326 e. The number of hydrogen-bond donors (Lipinski definition) is 3. The molecule has 19 heavy (non-hydrogen) atoms. The molecule has 3 N–H and O–H groups in total. The number of rotatable bonds is 6. The Hall–Kier alpha value is -2.31. The molecule has 0 aliphatic rings. The van der Waals surface area contributed by atoms with Crippen molar-refractivity contribution in [2.24, 2.45) is 5.92 Å². The highest BCUT2D eigenvalue weighted by Gasteiger charge is 2.23. The van der Waals surface area contributed by atoms with E-state index in [9.17, 15) is 14.4 Å². The lowest BCUT2D eigenvalue weighted by Crippen LogP contribution is -2.48. The summed E-state index contributed by atoms with van der Waals surface area (Å²) in [6.07, 6.45) is 1.34. The van der Waals surface area contributed by atoms with E-state index in [2.05, 4.69) is 10.6 Å². The molecule has 7 heteroatoms. The van der Waals surface area contributed by atoms with Crippen LogP contribution in [0.2, 0.25) is 0 Å². The number of nitrogens with one attached hydrogen (secondary N) is 2. The minimum Gasteiger partial charge on any atom is -0.480 e. The van der Waals surface area contributed by atoms with Crippen LogP contribution in [-0.4, -0.2) is 35.5 Å². The number of amides is 2. The fourth-order valence-corrected chi connectivity index (χ4v) is 1.39. The number of aliphatic carboxylic acids is 1. The van der Waals surface area contributed by atoms with Crippen LogP contribution in [0, 0.1) is 5.92 Å². The first-order valence-electron chi connectivity index (χ1n) is 5.75. The van der Waals surface area contributed by atoms with Gasteiger partial charge in [-0.05, 0) is 18.1 Å². The van der Waals surface area contributed by atoms with Crippen molar-refractivity contribution in [2.45, 2.75) is 19.9 Å². The fourth-order valence-electron chi connectivity index (χ4n) is 1.39. The van der Waals surface area contributed by atoms with Gasteiger partial charge >= 0.3 is 5.97 Å². The number of carboxylic acids is 1. The van der Waals surface area contributed by atoms with E-state index in [0.717, 1.165) is 0 Å². The van der Waals surface area contributed by atoms with Crippen molar-refractivity contribution in [3.63, 3.8) is 0 Å². The summed E-state index contributed by atoms with van der Waals surface area (Å²) in [6.45, 7) is 3.05. The Morgan fingerprint density at radius 1 is 1.37 bits per heavy atom. The van der Waals surface area contributed by atoms with Crippen LogP contribution in [-0.2, 0) is 9.59 Å². The van der Waals surface area contributed by atoms with E-state index in [1.165, 1.54) is 12.3 Å². The third-order valence-corrected chi connectivity index (χ3v) is 2.40. The molecule has 2 amide bonds. The Balaban J connectivity index is 2.43. The zero-order valence-electron chi connectivity index (χ0n) is 10.7. The molecule has 0 aromatic carbocycles. The van der Waals surface area contributed by atoms with Gasteiger partial charge in [-0.15, -0.1) is 0 Å². The molecule has 1 aromatic heterocycles. The molecule has 7 nitrogen and oxygen atoms in total. The first-order valence-corrected chi connectivity index (χ1v) is 5.75. The highest BCUT2D eigenvalue weighted by Crippen LogP contribution is 2.01. The van der Waals surface area contributed by atoms with E-state index in [0.29, 0.717) is 0 Å². The van der Waals surface area contributed by atoms with Gasteiger partial charge in [-0.25, -0.2) is 4.79 Å². The summed E-state index contributed by atoms with van der Waals surface area (Å²) >= 11 is 0. The van der Waals surface area contributed by atoms with Crippen molar-refractivity contribution in [3.8, 4) is 0 Å². The number of hydrogen-bond acceptors (Lipinski definition) is 4. The third-order valence-electron chi connectivity index (χ3n) is 2.40. The summed E-state index contributed by atoms with van der Waals surface area (Å²) in [5, 5.41) is 13.6. The first-order chi connectivity index (χ1) is 8.91. The van der Waals surface area contributed by atoms with E-state index in [1.807, 2.05) is 0 Å². The van der Waals surface area contributed by atoms with Gasteiger partial charge in [-0.1, -0.05) is 13.8 Å². The Bertz CT molecular complexity index is 453. The van der Waals surface area contributed by atoms with Crippen LogP contribution in [0.4, 0.5) is 0 Å². The molecule has 0 unspecified atom stereocenters. The number of furan rings is 1. The molecule has 0 aliphatic heterocycles. The SMILES string of the molecule is CC(C)[C@@H](NC(=O)CNC(=O)c1ccco1)C(=O)O. The minimum atomic E-state index is -1.11. The first kappa shape index (κ1) is 14.7. The maximum absolute atomic E-state index is 11.5. The second-order valence-electron chi connectivity index (χ2n) is 4.29. The molecule has 1 rings (SSSR count). The number of carboxylic acid groups (broad SMARTS) is 1. The van der Waals surface area contributed by atoms with Gasteiger partial charge in [0, 0.05) is 0 Å². The van der Waals surface area contributed by atoms with Crippen LogP contribution < -0.4 is 10.6 Å². The summed E-state index contributed by atoms with van der Waals surface area (Å²) in [5.41, 5.74) is 0. The van der Waals surface area contributed by atoms with E-state index >= 15 is 0 Å². The van der Waals surface area contributed by atoms with Crippen LogP contribution in [0.1, 0.15) is 24.4 Å². The normalized spacial score (nSPS) is 11.9. The van der Waals surface area contributed by atoms with Gasteiger partial charge in [0.2, 0.25) is 5.91 Å². The lowest BCUT2D eigenvalue weighted by molar-refractivity contribution is -0.142. The predicted molar refractivity (Wildman–Crippen MR) is 65.4 cm³/mol. The van der Waals surface area contributed by atoms with Gasteiger partial charge in [0.05, 0.1) is 12.8 Å². The predicted octanol–water partition coefficient (Wildman–Crippen LogP) is 0.235. The molecule has 1 heterocycles. The fraction of sp³-hybridized carbons (Fsp3) is 0.417. The zero-order valence-corrected chi connectivity index (χ0v) is 10.7. The van der Waals surface area contributed by atoms with Crippen molar-refractivity contribution in [2.75, 3.05) is 6.54 Å². The zero-order chi connectivity index (χ0) is 14.4. The van der Waals surface area contributed by atoms with Crippen LogP contribution in [0.5, 0.6) is 0 Å². The van der Waals surface area contributed by atoms with Gasteiger partial charge in [0.15, 0.2) is 5.76 Å². The van der Waals surface area contributed by atoms with Crippen molar-refractivity contribution in [1.82, 2.24) is 10.6 Å². The molecule has 0 bridgehead atoms. The molecule has 0 fully saturated rings. The average Bonchev–Trinajstić information content (AvgIpc) is 2.85. The topological polar surface area (TPSA) is 109 Å². The molecular formula is C12H16N2O5. The summed E-state index contributed by atoms with van der Waals surface area (Å²) in [4.78, 5) is 33.9. The van der Waals surface area contributed by atoms with E-state index < -0.39 is 23.8 Å². The quantitative estimate of drug-likeness (QED) is 0.684. The summed E-state index contributed by atoms with van der Waals surface area (Å²) in [5.74, 6) is -2.37. The lowest BCUT2D eigenvalue weighted by atomic mass is 10.1. The highest BCUT2D eigenvalue weighted by molar-refractivity contribution is 5.94. The average molecular weight is 268 g/mol. The molecule has 0 aliphatic carbocycles. The van der Waals surface area contributed by atoms with Crippen LogP contribution >= 0.6 is 0 Å². The van der Waals surface area contributed by atoms with Gasteiger partial charge in [0.25, 0.3) is 5.91 Å².